The van der Waals surface area contributed by atoms with E-state index in [2.05, 4.69) is 133 Å². The molecule has 0 amide bonds. The van der Waals surface area contributed by atoms with Crippen LogP contribution in [0.4, 0.5) is 0 Å². The average Bonchev–Trinajstić information content (AvgIpc) is 3.82. The van der Waals surface area contributed by atoms with Crippen LogP contribution in [0, 0.1) is 35.5 Å². The minimum absolute atomic E-state index is 0.0631. The van der Waals surface area contributed by atoms with Crippen molar-refractivity contribution in [3.05, 3.63) is 113 Å². The van der Waals surface area contributed by atoms with E-state index in [0.29, 0.717) is 11.5 Å². The lowest BCUT2D eigenvalue weighted by Gasteiger charge is -2.40. The van der Waals surface area contributed by atoms with Crippen molar-refractivity contribution in [3.8, 4) is 56.3 Å². The Labute approximate surface area is 346 Å². The van der Waals surface area contributed by atoms with Gasteiger partial charge in [-0.2, -0.15) is 0 Å². The summed E-state index contributed by atoms with van der Waals surface area (Å²) in [5.41, 5.74) is 12.7. The predicted octanol–water partition coefficient (Wildman–Crippen LogP) is 13.9. The van der Waals surface area contributed by atoms with E-state index in [9.17, 15) is 10.2 Å². The van der Waals surface area contributed by atoms with E-state index >= 15 is 0 Å². The zero-order chi connectivity index (χ0) is 39.9. The van der Waals surface area contributed by atoms with Gasteiger partial charge in [-0.1, -0.05) is 108 Å². The summed E-state index contributed by atoms with van der Waals surface area (Å²) in [5, 5.41) is 25.0. The molecule has 8 saturated carbocycles. The Balaban J connectivity index is 1.03. The topological polar surface area (TPSA) is 53.4 Å². The highest BCUT2D eigenvalue weighted by Crippen LogP contribution is 2.68. The Kier molecular flexibility index (Phi) is 7.95. The molecule has 8 aliphatic rings. The normalized spacial score (nSPS) is 30.5. The van der Waals surface area contributed by atoms with Gasteiger partial charge < -0.3 is 10.2 Å². The lowest BCUT2D eigenvalue weighted by atomic mass is 9.64. The number of benzene rings is 4. The number of hydrogen-bond donors (Lipinski definition) is 2. The van der Waals surface area contributed by atoms with Crippen LogP contribution in [0.15, 0.2) is 91.0 Å². The van der Waals surface area contributed by atoms with Gasteiger partial charge in [0, 0.05) is 33.4 Å². The molecule has 0 spiro atoms. The predicted molar refractivity (Wildman–Crippen MR) is 237 cm³/mol. The largest absolute Gasteiger partial charge is 0.507 e. The third kappa shape index (κ3) is 5.61. The minimum Gasteiger partial charge on any atom is -0.507 e. The Morgan fingerprint density at radius 3 is 1.16 bits per heavy atom. The SMILES string of the molecule is CC(C)(C)c1cc(-c2ccccc2-c2cccc(-c3ccccc3-c3cc(C(C)(C)C)cc(C45CC6CC(C4)C(C6)C5)c3O)n2)c(O)c(C23CC4CC(C2)C(C4)C3)c1. The van der Waals surface area contributed by atoms with E-state index in [-0.39, 0.29) is 21.7 Å². The van der Waals surface area contributed by atoms with Gasteiger partial charge in [-0.05, 0) is 168 Å². The third-order valence-electron chi connectivity index (χ3n) is 16.7. The van der Waals surface area contributed by atoms with Gasteiger partial charge >= 0.3 is 0 Å². The molecule has 13 rings (SSSR count). The van der Waals surface area contributed by atoms with Crippen molar-refractivity contribution in [2.75, 3.05) is 0 Å². The second-order valence-electron chi connectivity index (χ2n) is 22.3. The summed E-state index contributed by atoms with van der Waals surface area (Å²) >= 11 is 0. The fraction of sp³-hybridized carbons (Fsp3) is 0.473. The van der Waals surface area contributed by atoms with Crippen molar-refractivity contribution in [3.63, 3.8) is 0 Å². The number of aromatic nitrogens is 1. The van der Waals surface area contributed by atoms with E-state index < -0.39 is 0 Å². The van der Waals surface area contributed by atoms with E-state index in [4.69, 9.17) is 4.98 Å². The van der Waals surface area contributed by atoms with E-state index in [1.807, 2.05) is 0 Å². The van der Waals surface area contributed by atoms with Crippen LogP contribution in [-0.2, 0) is 21.7 Å². The maximum atomic E-state index is 12.5. The number of phenols is 2. The standard InChI is InChI=1S/C55H61NO2/c1-52(2,3)38-22-44(50(57)46(24-38)54-26-32-18-34(28-54)35(19-32)29-54)40-12-7-9-14-42(40)48-16-11-17-49(56-48)43-15-10-8-13-41(43)45-23-39(53(4,5)6)25-47(51(45)58)55-27-33-20-36(30-55)37(21-33)31-55/h7-17,22-25,32-37,57-58H,18-21,26-31H2,1-6H3. The summed E-state index contributed by atoms with van der Waals surface area (Å²) in [7, 11) is 0. The Hall–Kier alpha value is -4.37. The Morgan fingerprint density at radius 1 is 0.448 bits per heavy atom. The number of rotatable bonds is 6. The molecule has 0 radical (unpaired) electrons. The van der Waals surface area contributed by atoms with Crippen molar-refractivity contribution >= 4 is 0 Å². The van der Waals surface area contributed by atoms with Gasteiger partial charge in [-0.3, -0.25) is 0 Å². The number of phenolic OH excluding ortho intramolecular Hbond substituents is 2. The molecule has 3 heteroatoms. The van der Waals surface area contributed by atoms with Gasteiger partial charge in [-0.15, -0.1) is 0 Å². The molecule has 3 nitrogen and oxygen atoms in total. The summed E-state index contributed by atoms with van der Waals surface area (Å²) < 4.78 is 0. The zero-order valence-electron chi connectivity index (χ0n) is 35.5. The summed E-state index contributed by atoms with van der Waals surface area (Å²) in [6.07, 6.45) is 12.9. The molecule has 2 N–H and O–H groups in total. The lowest BCUT2D eigenvalue weighted by molar-refractivity contribution is 0.224. The van der Waals surface area contributed by atoms with E-state index in [0.717, 1.165) is 80.3 Å². The Bertz CT molecular complexity index is 2270. The average molecular weight is 768 g/mol. The van der Waals surface area contributed by atoms with Crippen molar-refractivity contribution in [1.82, 2.24) is 4.98 Å². The van der Waals surface area contributed by atoms with Crippen molar-refractivity contribution in [2.45, 2.75) is 127 Å². The highest BCUT2D eigenvalue weighted by molar-refractivity contribution is 5.89. The lowest BCUT2D eigenvalue weighted by Crippen LogP contribution is -2.32. The molecule has 4 atom stereocenters. The van der Waals surface area contributed by atoms with Gasteiger partial charge in [0.2, 0.25) is 0 Å². The fourth-order valence-corrected chi connectivity index (χ4v) is 14.3. The zero-order valence-corrected chi connectivity index (χ0v) is 35.5. The van der Waals surface area contributed by atoms with Crippen LogP contribution in [0.2, 0.25) is 0 Å². The molecule has 8 aliphatic carbocycles. The second kappa shape index (κ2) is 12.6. The number of aromatic hydroxyl groups is 2. The van der Waals surface area contributed by atoms with Crippen LogP contribution in [0.1, 0.15) is 128 Å². The van der Waals surface area contributed by atoms with Crippen LogP contribution in [-0.4, -0.2) is 15.2 Å². The molecule has 4 aromatic carbocycles. The van der Waals surface area contributed by atoms with Gasteiger partial charge in [0.25, 0.3) is 0 Å². The molecule has 1 aromatic heterocycles. The molecule has 0 aliphatic heterocycles. The van der Waals surface area contributed by atoms with Crippen molar-refractivity contribution < 1.29 is 10.2 Å². The van der Waals surface area contributed by atoms with Crippen LogP contribution >= 0.6 is 0 Å². The summed E-state index contributed by atoms with van der Waals surface area (Å²) in [6, 6.07) is 32.7. The fourth-order valence-electron chi connectivity index (χ4n) is 14.3. The first-order valence-corrected chi connectivity index (χ1v) is 22.6. The molecule has 5 aromatic rings. The maximum absolute atomic E-state index is 12.5. The summed E-state index contributed by atoms with van der Waals surface area (Å²) in [5.74, 6) is 5.82. The van der Waals surface area contributed by atoms with Crippen LogP contribution < -0.4 is 0 Å². The summed E-state index contributed by atoms with van der Waals surface area (Å²) in [4.78, 5) is 5.45. The second-order valence-corrected chi connectivity index (χ2v) is 22.3. The first-order chi connectivity index (χ1) is 27.7. The van der Waals surface area contributed by atoms with Gasteiger partial charge in [-0.25, -0.2) is 4.98 Å². The monoisotopic (exact) mass is 767 g/mol. The Morgan fingerprint density at radius 2 is 0.810 bits per heavy atom. The third-order valence-corrected chi connectivity index (χ3v) is 16.7. The quantitative estimate of drug-likeness (QED) is 0.181. The molecule has 1 heterocycles. The maximum Gasteiger partial charge on any atom is 0.127 e. The van der Waals surface area contributed by atoms with E-state index in [1.54, 1.807) is 0 Å². The van der Waals surface area contributed by atoms with E-state index in [1.165, 1.54) is 86.5 Å². The molecule has 58 heavy (non-hydrogen) atoms. The van der Waals surface area contributed by atoms with Crippen LogP contribution in [0.5, 0.6) is 11.5 Å². The molecule has 0 saturated heterocycles. The van der Waals surface area contributed by atoms with Crippen molar-refractivity contribution in [2.24, 2.45) is 35.5 Å². The molecular weight excluding hydrogens is 707 g/mol. The van der Waals surface area contributed by atoms with Crippen molar-refractivity contribution in [1.29, 1.82) is 0 Å². The number of pyridine rings is 1. The van der Waals surface area contributed by atoms with Gasteiger partial charge in [0.15, 0.2) is 0 Å². The van der Waals surface area contributed by atoms with Crippen LogP contribution in [0.25, 0.3) is 44.8 Å². The van der Waals surface area contributed by atoms with Crippen LogP contribution in [0.3, 0.4) is 0 Å². The molecular formula is C55H61NO2. The molecule has 8 fully saturated rings. The smallest absolute Gasteiger partial charge is 0.127 e. The molecule has 8 bridgehead atoms. The first kappa shape index (κ1) is 36.7. The van der Waals surface area contributed by atoms with Gasteiger partial charge in [0.05, 0.1) is 11.4 Å². The first-order valence-electron chi connectivity index (χ1n) is 22.6. The number of hydrogen-bond acceptors (Lipinski definition) is 3. The molecule has 298 valence electrons. The minimum atomic E-state index is -0.0631. The molecule has 4 unspecified atom stereocenters. The highest BCUT2D eigenvalue weighted by atomic mass is 16.3. The number of nitrogens with zero attached hydrogens (tertiary/aromatic N) is 1. The van der Waals surface area contributed by atoms with Gasteiger partial charge in [0.1, 0.15) is 11.5 Å². The summed E-state index contributed by atoms with van der Waals surface area (Å²) in [6.45, 7) is 13.8. The highest BCUT2D eigenvalue weighted by Gasteiger charge is 2.58.